The Morgan fingerprint density at radius 2 is 2.00 bits per heavy atom. The molecule has 0 unspecified atom stereocenters. The van der Waals surface area contributed by atoms with Gasteiger partial charge >= 0.3 is 0 Å². The molecule has 1 aromatic carbocycles. The molecular formula is C23H34IN3O2. The van der Waals surface area contributed by atoms with E-state index in [1.54, 1.807) is 0 Å². The quantitative estimate of drug-likeness (QED) is 0.422. The Kier molecular flexibility index (Phi) is 8.99. The summed E-state index contributed by atoms with van der Waals surface area (Å²) in [7, 11) is 2.05. The van der Waals surface area contributed by atoms with Gasteiger partial charge in [-0.2, -0.15) is 0 Å². The Balaban J connectivity index is 0.00000300. The summed E-state index contributed by atoms with van der Waals surface area (Å²) in [6.07, 6.45) is 10.3. The number of halogens is 1. The van der Waals surface area contributed by atoms with Crippen molar-refractivity contribution in [3.63, 3.8) is 0 Å². The SMILES string of the molecule is CC(C)c1n(CCNC(=O)Cc2cccc(C3CCCCC3)c2O)cc[n+]1C.[I-]. The van der Waals surface area contributed by atoms with Crippen LogP contribution in [0.5, 0.6) is 5.75 Å². The second-order valence-corrected chi connectivity index (χ2v) is 8.33. The zero-order chi connectivity index (χ0) is 20.1. The van der Waals surface area contributed by atoms with Crippen molar-refractivity contribution in [2.75, 3.05) is 6.54 Å². The lowest BCUT2D eigenvalue weighted by Gasteiger charge is -2.23. The number of carbonyl (C=O) groups excluding carboxylic acids is 1. The van der Waals surface area contributed by atoms with Crippen molar-refractivity contribution >= 4 is 5.91 Å². The minimum absolute atomic E-state index is 0. The van der Waals surface area contributed by atoms with Crippen LogP contribution in [0.4, 0.5) is 0 Å². The van der Waals surface area contributed by atoms with Crippen LogP contribution in [0, 0.1) is 0 Å². The first-order chi connectivity index (χ1) is 13.5. The molecular weight excluding hydrogens is 477 g/mol. The second-order valence-electron chi connectivity index (χ2n) is 8.33. The number of aryl methyl sites for hydroxylation is 1. The fraction of sp³-hybridized carbons (Fsp3) is 0.565. The van der Waals surface area contributed by atoms with Gasteiger partial charge in [0.05, 0.1) is 25.9 Å². The molecule has 1 aromatic heterocycles. The van der Waals surface area contributed by atoms with Gasteiger partial charge in [0.2, 0.25) is 5.91 Å². The van der Waals surface area contributed by atoms with Crippen molar-refractivity contribution in [3.8, 4) is 5.75 Å². The van der Waals surface area contributed by atoms with Gasteiger partial charge in [-0.3, -0.25) is 4.79 Å². The van der Waals surface area contributed by atoms with Gasteiger partial charge < -0.3 is 34.4 Å². The fourth-order valence-corrected chi connectivity index (χ4v) is 4.51. The Morgan fingerprint density at radius 1 is 1.28 bits per heavy atom. The maximum atomic E-state index is 12.4. The number of phenolic OH excluding ortho intramolecular Hbond substituents is 1. The number of para-hydroxylation sites is 1. The van der Waals surface area contributed by atoms with Gasteiger partial charge in [-0.15, -0.1) is 0 Å². The number of hydrogen-bond donors (Lipinski definition) is 2. The lowest BCUT2D eigenvalue weighted by Crippen LogP contribution is -3.00. The van der Waals surface area contributed by atoms with Crippen molar-refractivity contribution in [3.05, 3.63) is 47.5 Å². The van der Waals surface area contributed by atoms with Crippen LogP contribution < -0.4 is 33.9 Å². The zero-order valence-corrected chi connectivity index (χ0v) is 20.0. The lowest BCUT2D eigenvalue weighted by molar-refractivity contribution is -0.680. The molecule has 29 heavy (non-hydrogen) atoms. The van der Waals surface area contributed by atoms with Gasteiger partial charge in [0.1, 0.15) is 24.7 Å². The van der Waals surface area contributed by atoms with E-state index in [0.29, 0.717) is 24.1 Å². The second kappa shape index (κ2) is 11.0. The van der Waals surface area contributed by atoms with E-state index in [2.05, 4.69) is 34.5 Å². The van der Waals surface area contributed by atoms with Crippen LogP contribution in [0.2, 0.25) is 0 Å². The number of nitrogens with one attached hydrogen (secondary N) is 1. The Bertz CT molecular complexity index is 810. The molecule has 6 heteroatoms. The van der Waals surface area contributed by atoms with E-state index in [-0.39, 0.29) is 36.3 Å². The van der Waals surface area contributed by atoms with E-state index in [0.717, 1.165) is 30.5 Å². The highest BCUT2D eigenvalue weighted by molar-refractivity contribution is 5.79. The molecule has 0 atom stereocenters. The molecule has 160 valence electrons. The van der Waals surface area contributed by atoms with Crippen LogP contribution in [0.15, 0.2) is 30.6 Å². The minimum Gasteiger partial charge on any atom is -1.00 e. The maximum absolute atomic E-state index is 12.4. The zero-order valence-electron chi connectivity index (χ0n) is 17.8. The predicted octanol–water partition coefficient (Wildman–Crippen LogP) is 0.552. The Morgan fingerprint density at radius 3 is 2.69 bits per heavy atom. The summed E-state index contributed by atoms with van der Waals surface area (Å²) in [5.74, 6) is 2.38. The van der Waals surface area contributed by atoms with Crippen LogP contribution in [-0.4, -0.2) is 22.1 Å². The highest BCUT2D eigenvalue weighted by Crippen LogP contribution is 2.38. The van der Waals surface area contributed by atoms with Crippen molar-refractivity contribution in [1.82, 2.24) is 9.88 Å². The molecule has 3 rings (SSSR count). The van der Waals surface area contributed by atoms with Crippen LogP contribution >= 0.6 is 0 Å². The summed E-state index contributed by atoms with van der Waals surface area (Å²) in [4.78, 5) is 12.4. The molecule has 0 aliphatic heterocycles. The van der Waals surface area contributed by atoms with Crippen molar-refractivity contribution < 1.29 is 38.4 Å². The predicted molar refractivity (Wildman–Crippen MR) is 110 cm³/mol. The van der Waals surface area contributed by atoms with E-state index < -0.39 is 0 Å². The molecule has 0 spiro atoms. The molecule has 5 nitrogen and oxygen atoms in total. The number of rotatable bonds is 7. The number of amides is 1. The van der Waals surface area contributed by atoms with Crippen molar-refractivity contribution in [2.24, 2.45) is 7.05 Å². The van der Waals surface area contributed by atoms with Crippen LogP contribution in [0.3, 0.4) is 0 Å². The highest BCUT2D eigenvalue weighted by atomic mass is 127. The van der Waals surface area contributed by atoms with Gasteiger partial charge in [0, 0.05) is 5.56 Å². The first-order valence-corrected chi connectivity index (χ1v) is 10.6. The monoisotopic (exact) mass is 511 g/mol. The Labute approximate surface area is 191 Å². The lowest BCUT2D eigenvalue weighted by atomic mass is 9.83. The van der Waals surface area contributed by atoms with Crippen LogP contribution in [0.25, 0.3) is 0 Å². The number of aromatic hydroxyl groups is 1. The first kappa shape index (κ1) is 23.7. The number of nitrogens with zero attached hydrogens (tertiary/aromatic N) is 2. The topological polar surface area (TPSA) is 58.1 Å². The summed E-state index contributed by atoms with van der Waals surface area (Å²) in [5, 5.41) is 13.7. The number of imidazole rings is 1. The smallest absolute Gasteiger partial charge is 0.258 e. The van der Waals surface area contributed by atoms with Gasteiger partial charge in [-0.25, -0.2) is 9.13 Å². The summed E-state index contributed by atoms with van der Waals surface area (Å²) < 4.78 is 4.31. The van der Waals surface area contributed by atoms with Crippen molar-refractivity contribution in [1.29, 1.82) is 0 Å². The third-order valence-corrected chi connectivity index (χ3v) is 5.86. The van der Waals surface area contributed by atoms with Gasteiger partial charge in [-0.05, 0) is 24.3 Å². The summed E-state index contributed by atoms with van der Waals surface area (Å²) >= 11 is 0. The molecule has 2 N–H and O–H groups in total. The van der Waals surface area contributed by atoms with E-state index in [1.807, 2.05) is 31.4 Å². The summed E-state index contributed by atoms with van der Waals surface area (Å²) in [6, 6.07) is 5.86. The summed E-state index contributed by atoms with van der Waals surface area (Å²) in [5.41, 5.74) is 1.75. The molecule has 1 aliphatic rings. The number of carbonyl (C=O) groups is 1. The number of hydrogen-bond acceptors (Lipinski definition) is 2. The minimum atomic E-state index is -0.0428. The number of aromatic nitrogens is 2. The highest BCUT2D eigenvalue weighted by Gasteiger charge is 2.21. The average molecular weight is 511 g/mol. The molecule has 0 saturated heterocycles. The molecule has 1 heterocycles. The van der Waals surface area contributed by atoms with E-state index in [4.69, 9.17) is 0 Å². The normalized spacial score (nSPS) is 14.6. The van der Waals surface area contributed by atoms with Gasteiger partial charge in [0.15, 0.2) is 0 Å². The van der Waals surface area contributed by atoms with E-state index in [1.165, 1.54) is 25.1 Å². The van der Waals surface area contributed by atoms with Crippen LogP contribution in [0.1, 0.15) is 74.7 Å². The molecule has 0 radical (unpaired) electrons. The third kappa shape index (κ3) is 5.96. The third-order valence-electron chi connectivity index (χ3n) is 5.86. The first-order valence-electron chi connectivity index (χ1n) is 10.6. The molecule has 1 aliphatic carbocycles. The molecule has 1 saturated carbocycles. The fourth-order valence-electron chi connectivity index (χ4n) is 4.51. The number of phenols is 1. The molecule has 1 amide bonds. The summed E-state index contributed by atoms with van der Waals surface area (Å²) in [6.45, 7) is 5.67. The molecule has 2 aromatic rings. The molecule has 1 fully saturated rings. The largest absolute Gasteiger partial charge is 1.00 e. The number of benzene rings is 1. The van der Waals surface area contributed by atoms with Crippen molar-refractivity contribution in [2.45, 2.75) is 70.8 Å². The Hall–Kier alpha value is -1.57. The van der Waals surface area contributed by atoms with E-state index >= 15 is 0 Å². The van der Waals surface area contributed by atoms with E-state index in [9.17, 15) is 9.90 Å². The standard InChI is InChI=1S/C23H33N3O2.HI/c1-17(2)23-25(3)14-15-26(23)13-12-24-21(27)16-19-10-7-11-20(22(19)28)18-8-5-4-6-9-18;/h7,10-11,14-15,17-18H,4-6,8-9,12-13,16H2,1-3H3,(H-,24,27,28);1H. The maximum Gasteiger partial charge on any atom is 0.258 e. The molecule has 0 bridgehead atoms. The van der Waals surface area contributed by atoms with Crippen LogP contribution in [-0.2, 0) is 24.8 Å². The van der Waals surface area contributed by atoms with Gasteiger partial charge in [0.25, 0.3) is 5.82 Å². The average Bonchev–Trinajstić information content (AvgIpc) is 3.05. The van der Waals surface area contributed by atoms with Gasteiger partial charge in [-0.1, -0.05) is 51.3 Å².